The minimum absolute atomic E-state index is 0.0902. The van der Waals surface area contributed by atoms with E-state index in [1.807, 2.05) is 13.8 Å². The SMILES string of the molecule is Cc1cc(F)ccc1OC1CCC(NC(C)C)(C(=O)O)C1. The largest absolute Gasteiger partial charge is 0.490 e. The van der Waals surface area contributed by atoms with Crippen LogP contribution < -0.4 is 10.1 Å². The zero-order chi connectivity index (χ0) is 15.6. The number of ether oxygens (including phenoxy) is 1. The van der Waals surface area contributed by atoms with Gasteiger partial charge in [0.05, 0.1) is 0 Å². The van der Waals surface area contributed by atoms with Crippen molar-refractivity contribution in [3.63, 3.8) is 0 Å². The molecule has 1 fully saturated rings. The minimum Gasteiger partial charge on any atom is -0.490 e. The highest BCUT2D eigenvalue weighted by Gasteiger charge is 2.46. The number of halogens is 1. The van der Waals surface area contributed by atoms with Crippen LogP contribution >= 0.6 is 0 Å². The highest BCUT2D eigenvalue weighted by Crippen LogP contribution is 2.34. The molecule has 5 heteroatoms. The lowest BCUT2D eigenvalue weighted by atomic mass is 9.96. The van der Waals surface area contributed by atoms with E-state index in [1.54, 1.807) is 13.0 Å². The zero-order valence-corrected chi connectivity index (χ0v) is 12.6. The van der Waals surface area contributed by atoms with Crippen LogP contribution in [0.3, 0.4) is 0 Å². The van der Waals surface area contributed by atoms with Gasteiger partial charge in [-0.15, -0.1) is 0 Å². The van der Waals surface area contributed by atoms with Crippen LogP contribution in [-0.4, -0.2) is 28.8 Å². The van der Waals surface area contributed by atoms with Crippen molar-refractivity contribution in [3.05, 3.63) is 29.6 Å². The Morgan fingerprint density at radius 1 is 1.52 bits per heavy atom. The van der Waals surface area contributed by atoms with Crippen LogP contribution in [-0.2, 0) is 4.79 Å². The topological polar surface area (TPSA) is 58.6 Å². The predicted molar refractivity (Wildman–Crippen MR) is 78.0 cm³/mol. The number of benzene rings is 1. The van der Waals surface area contributed by atoms with Crippen molar-refractivity contribution in [1.29, 1.82) is 0 Å². The molecule has 1 saturated carbocycles. The molecule has 1 aromatic carbocycles. The van der Waals surface area contributed by atoms with Gasteiger partial charge in [0, 0.05) is 12.5 Å². The molecule has 0 spiro atoms. The molecular weight excluding hydrogens is 273 g/mol. The Morgan fingerprint density at radius 2 is 2.24 bits per heavy atom. The Morgan fingerprint density at radius 3 is 2.81 bits per heavy atom. The maximum atomic E-state index is 13.1. The molecule has 0 saturated heterocycles. The molecule has 2 rings (SSSR count). The first-order chi connectivity index (χ1) is 9.82. The van der Waals surface area contributed by atoms with E-state index in [4.69, 9.17) is 4.74 Å². The minimum atomic E-state index is -0.924. The van der Waals surface area contributed by atoms with Crippen molar-refractivity contribution in [3.8, 4) is 5.75 Å². The first-order valence-corrected chi connectivity index (χ1v) is 7.26. The summed E-state index contributed by atoms with van der Waals surface area (Å²) >= 11 is 0. The van der Waals surface area contributed by atoms with Crippen molar-refractivity contribution >= 4 is 5.97 Å². The van der Waals surface area contributed by atoms with Gasteiger partial charge in [0.2, 0.25) is 0 Å². The second kappa shape index (κ2) is 6.02. The first-order valence-electron chi connectivity index (χ1n) is 7.26. The summed E-state index contributed by atoms with van der Waals surface area (Å²) in [5, 5.41) is 12.7. The van der Waals surface area contributed by atoms with Gasteiger partial charge in [0.1, 0.15) is 23.2 Å². The summed E-state index contributed by atoms with van der Waals surface area (Å²) < 4.78 is 19.0. The van der Waals surface area contributed by atoms with Crippen LogP contribution in [0.1, 0.15) is 38.7 Å². The molecule has 1 aliphatic rings. The number of aliphatic carboxylic acids is 1. The third-order valence-electron chi connectivity index (χ3n) is 3.87. The van der Waals surface area contributed by atoms with E-state index in [-0.39, 0.29) is 18.0 Å². The van der Waals surface area contributed by atoms with E-state index in [2.05, 4.69) is 5.32 Å². The number of aryl methyl sites for hydroxylation is 1. The Labute approximate surface area is 124 Å². The van der Waals surface area contributed by atoms with Crippen molar-refractivity contribution in [2.75, 3.05) is 0 Å². The molecule has 0 bridgehead atoms. The van der Waals surface area contributed by atoms with E-state index in [0.29, 0.717) is 25.0 Å². The van der Waals surface area contributed by atoms with Crippen LogP contribution in [0.4, 0.5) is 4.39 Å². The molecule has 116 valence electrons. The van der Waals surface area contributed by atoms with Gasteiger partial charge in [0.25, 0.3) is 0 Å². The van der Waals surface area contributed by atoms with Gasteiger partial charge in [-0.2, -0.15) is 0 Å². The number of hydrogen-bond acceptors (Lipinski definition) is 3. The number of rotatable bonds is 5. The van der Waals surface area contributed by atoms with Crippen molar-refractivity contribution in [2.24, 2.45) is 0 Å². The quantitative estimate of drug-likeness (QED) is 0.877. The zero-order valence-electron chi connectivity index (χ0n) is 12.6. The Kier molecular flexibility index (Phi) is 4.52. The third-order valence-corrected chi connectivity index (χ3v) is 3.87. The number of carboxylic acid groups (broad SMARTS) is 1. The fraction of sp³-hybridized carbons (Fsp3) is 0.562. The molecule has 2 unspecified atom stereocenters. The molecule has 2 N–H and O–H groups in total. The lowest BCUT2D eigenvalue weighted by Gasteiger charge is -2.28. The van der Waals surface area contributed by atoms with Crippen LogP contribution in [0, 0.1) is 12.7 Å². The van der Waals surface area contributed by atoms with Crippen molar-refractivity contribution in [2.45, 2.75) is 57.7 Å². The normalized spacial score (nSPS) is 25.3. The lowest BCUT2D eigenvalue weighted by molar-refractivity contribution is -0.145. The van der Waals surface area contributed by atoms with E-state index >= 15 is 0 Å². The smallest absolute Gasteiger partial charge is 0.324 e. The molecule has 4 nitrogen and oxygen atoms in total. The standard InChI is InChI=1S/C16H22FNO3/c1-10(2)18-16(15(19)20)7-6-13(9-16)21-14-5-4-12(17)8-11(14)3/h4-5,8,10,13,18H,6-7,9H2,1-3H3,(H,19,20). The molecule has 0 aliphatic heterocycles. The summed E-state index contributed by atoms with van der Waals surface area (Å²) in [4.78, 5) is 11.6. The molecule has 21 heavy (non-hydrogen) atoms. The molecule has 0 amide bonds. The summed E-state index contributed by atoms with van der Waals surface area (Å²) in [6.07, 6.45) is 1.45. The van der Waals surface area contributed by atoms with Crippen LogP contribution in [0.5, 0.6) is 5.75 Å². The monoisotopic (exact) mass is 295 g/mol. The maximum Gasteiger partial charge on any atom is 0.324 e. The average Bonchev–Trinajstić information content (AvgIpc) is 2.76. The molecule has 0 aromatic heterocycles. The molecule has 0 radical (unpaired) electrons. The molecule has 0 heterocycles. The average molecular weight is 295 g/mol. The van der Waals surface area contributed by atoms with Gasteiger partial charge in [-0.05, 0) is 57.4 Å². The number of nitrogens with one attached hydrogen (secondary N) is 1. The highest BCUT2D eigenvalue weighted by atomic mass is 19.1. The number of hydrogen-bond donors (Lipinski definition) is 2. The van der Waals surface area contributed by atoms with Gasteiger partial charge < -0.3 is 9.84 Å². The number of carbonyl (C=O) groups is 1. The second-order valence-corrected chi connectivity index (χ2v) is 6.08. The fourth-order valence-electron chi connectivity index (χ4n) is 2.97. The van der Waals surface area contributed by atoms with Gasteiger partial charge in [-0.25, -0.2) is 4.39 Å². The predicted octanol–water partition coefficient (Wildman–Crippen LogP) is 2.89. The van der Waals surface area contributed by atoms with E-state index in [9.17, 15) is 14.3 Å². The highest BCUT2D eigenvalue weighted by molar-refractivity contribution is 5.79. The van der Waals surface area contributed by atoms with Crippen LogP contribution in [0.15, 0.2) is 18.2 Å². The van der Waals surface area contributed by atoms with Crippen molar-refractivity contribution in [1.82, 2.24) is 5.32 Å². The van der Waals surface area contributed by atoms with Gasteiger partial charge in [-0.3, -0.25) is 10.1 Å². The van der Waals surface area contributed by atoms with Gasteiger partial charge in [0.15, 0.2) is 0 Å². The van der Waals surface area contributed by atoms with Gasteiger partial charge >= 0.3 is 5.97 Å². The van der Waals surface area contributed by atoms with E-state index < -0.39 is 11.5 Å². The molecule has 2 atom stereocenters. The summed E-state index contributed by atoms with van der Waals surface area (Å²) in [6.45, 7) is 5.65. The second-order valence-electron chi connectivity index (χ2n) is 6.08. The molecule has 1 aliphatic carbocycles. The summed E-state index contributed by atoms with van der Waals surface area (Å²) in [6, 6.07) is 4.46. The van der Waals surface area contributed by atoms with Crippen molar-refractivity contribution < 1.29 is 19.0 Å². The van der Waals surface area contributed by atoms with Crippen LogP contribution in [0.25, 0.3) is 0 Å². The fourth-order valence-corrected chi connectivity index (χ4v) is 2.97. The number of carboxylic acids is 1. The summed E-state index contributed by atoms with van der Waals surface area (Å²) in [5.74, 6) is -0.516. The van der Waals surface area contributed by atoms with Gasteiger partial charge in [-0.1, -0.05) is 0 Å². The molecule has 1 aromatic rings. The first kappa shape index (κ1) is 15.8. The van der Waals surface area contributed by atoms with Crippen LogP contribution in [0.2, 0.25) is 0 Å². The third kappa shape index (κ3) is 3.53. The Balaban J connectivity index is 2.09. The lowest BCUT2D eigenvalue weighted by Crippen LogP contribution is -2.53. The summed E-state index contributed by atoms with van der Waals surface area (Å²) in [5.41, 5.74) is -0.202. The Hall–Kier alpha value is -1.62. The Bertz CT molecular complexity index is 532. The van der Waals surface area contributed by atoms with E-state index in [1.165, 1.54) is 12.1 Å². The van der Waals surface area contributed by atoms with E-state index in [0.717, 1.165) is 5.56 Å². The summed E-state index contributed by atoms with van der Waals surface area (Å²) in [7, 11) is 0. The molecular formula is C16H22FNO3. The maximum absolute atomic E-state index is 13.1.